The number of para-hydroxylation sites is 1. The second-order valence-corrected chi connectivity index (χ2v) is 4.03. The molecule has 0 unspecified atom stereocenters. The number of piperazine rings is 1. The Morgan fingerprint density at radius 2 is 2.07 bits per heavy atom. The van der Waals surface area contributed by atoms with Crippen molar-refractivity contribution in [3.63, 3.8) is 0 Å². The second-order valence-electron chi connectivity index (χ2n) is 3.17. The van der Waals surface area contributed by atoms with Gasteiger partial charge in [0.25, 0.3) is 0 Å². The van der Waals surface area contributed by atoms with Crippen LogP contribution in [0, 0.1) is 0 Å². The average molecular weight is 292 g/mol. The summed E-state index contributed by atoms with van der Waals surface area (Å²) in [6.45, 7) is 2.02. The van der Waals surface area contributed by atoms with Gasteiger partial charge in [0.15, 0.2) is 0 Å². The van der Waals surface area contributed by atoms with E-state index in [1.165, 1.54) is 0 Å². The first-order valence-electron chi connectivity index (χ1n) is 4.54. The lowest BCUT2D eigenvalue weighted by molar-refractivity contribution is -0.118. The Hall–Kier alpha value is -0.580. The van der Waals surface area contributed by atoms with Crippen LogP contribution in [0.25, 0.3) is 0 Å². The van der Waals surface area contributed by atoms with Crippen LogP contribution in [0.3, 0.4) is 0 Å². The predicted molar refractivity (Wildman–Crippen MR) is 66.6 cm³/mol. The molecule has 0 atom stereocenters. The van der Waals surface area contributed by atoms with Crippen molar-refractivity contribution in [1.82, 2.24) is 5.32 Å². The Morgan fingerprint density at radius 1 is 1.33 bits per heavy atom. The second kappa shape index (κ2) is 5.49. The van der Waals surface area contributed by atoms with Crippen LogP contribution < -0.4 is 10.2 Å². The monoisotopic (exact) mass is 290 g/mol. The van der Waals surface area contributed by atoms with Gasteiger partial charge in [0, 0.05) is 17.6 Å². The van der Waals surface area contributed by atoms with Crippen molar-refractivity contribution in [1.29, 1.82) is 0 Å². The average Bonchev–Trinajstić information content (AvgIpc) is 2.20. The Morgan fingerprint density at radius 3 is 2.73 bits per heavy atom. The molecular formula is C10H12BrClN2O. The van der Waals surface area contributed by atoms with Crippen LogP contribution in [-0.2, 0) is 4.79 Å². The topological polar surface area (TPSA) is 32.3 Å². The minimum Gasteiger partial charge on any atom is -0.309 e. The molecule has 1 aromatic rings. The van der Waals surface area contributed by atoms with Crippen LogP contribution in [0.2, 0.25) is 0 Å². The van der Waals surface area contributed by atoms with E-state index in [0.717, 1.165) is 23.2 Å². The number of halogens is 2. The molecule has 1 amide bonds. The number of amides is 1. The van der Waals surface area contributed by atoms with E-state index < -0.39 is 0 Å². The zero-order valence-electron chi connectivity index (χ0n) is 8.07. The van der Waals surface area contributed by atoms with Crippen molar-refractivity contribution in [2.45, 2.75) is 0 Å². The van der Waals surface area contributed by atoms with Gasteiger partial charge in [-0.15, -0.1) is 12.4 Å². The van der Waals surface area contributed by atoms with Gasteiger partial charge in [-0.1, -0.05) is 12.1 Å². The Kier molecular flexibility index (Phi) is 4.57. The fraction of sp³-hybridized carbons (Fsp3) is 0.300. The Balaban J connectivity index is 0.00000112. The summed E-state index contributed by atoms with van der Waals surface area (Å²) in [6, 6.07) is 7.79. The fourth-order valence-electron chi connectivity index (χ4n) is 1.53. The molecular weight excluding hydrogens is 279 g/mol. The molecule has 0 bridgehead atoms. The van der Waals surface area contributed by atoms with E-state index in [2.05, 4.69) is 21.2 Å². The highest BCUT2D eigenvalue weighted by Gasteiger charge is 2.20. The SMILES string of the molecule is Cl.O=C1CNCCN1c1ccccc1Br. The molecule has 3 nitrogen and oxygen atoms in total. The van der Waals surface area contributed by atoms with Gasteiger partial charge in [-0.25, -0.2) is 0 Å². The number of rotatable bonds is 1. The molecule has 82 valence electrons. The summed E-state index contributed by atoms with van der Waals surface area (Å²) in [7, 11) is 0. The first kappa shape index (κ1) is 12.5. The molecule has 1 aliphatic rings. The predicted octanol–water partition coefficient (Wildman–Crippen LogP) is 1.81. The summed E-state index contributed by atoms with van der Waals surface area (Å²) in [5, 5.41) is 3.05. The lowest BCUT2D eigenvalue weighted by Gasteiger charge is -2.28. The smallest absolute Gasteiger partial charge is 0.241 e. The van der Waals surface area contributed by atoms with Crippen molar-refractivity contribution in [3.8, 4) is 0 Å². The molecule has 1 N–H and O–H groups in total. The van der Waals surface area contributed by atoms with E-state index >= 15 is 0 Å². The molecule has 0 radical (unpaired) electrons. The van der Waals surface area contributed by atoms with Gasteiger partial charge in [0.2, 0.25) is 5.91 Å². The minimum atomic E-state index is 0. The van der Waals surface area contributed by atoms with Crippen LogP contribution in [0.5, 0.6) is 0 Å². The number of hydrogen-bond acceptors (Lipinski definition) is 2. The number of nitrogens with one attached hydrogen (secondary N) is 1. The molecule has 0 aromatic heterocycles. The number of hydrogen-bond donors (Lipinski definition) is 1. The van der Waals surface area contributed by atoms with Gasteiger partial charge in [-0.3, -0.25) is 4.79 Å². The van der Waals surface area contributed by atoms with Crippen molar-refractivity contribution in [3.05, 3.63) is 28.7 Å². The van der Waals surface area contributed by atoms with Crippen LogP contribution in [0.1, 0.15) is 0 Å². The van der Waals surface area contributed by atoms with E-state index in [0.29, 0.717) is 6.54 Å². The molecule has 1 saturated heterocycles. The summed E-state index contributed by atoms with van der Waals surface area (Å²) >= 11 is 3.44. The van der Waals surface area contributed by atoms with Gasteiger partial charge >= 0.3 is 0 Å². The van der Waals surface area contributed by atoms with Gasteiger partial charge in [-0.2, -0.15) is 0 Å². The highest BCUT2D eigenvalue weighted by atomic mass is 79.9. The number of anilines is 1. The maximum atomic E-state index is 11.6. The van der Waals surface area contributed by atoms with Crippen LogP contribution in [0.4, 0.5) is 5.69 Å². The summed E-state index contributed by atoms with van der Waals surface area (Å²) in [4.78, 5) is 13.4. The summed E-state index contributed by atoms with van der Waals surface area (Å²) in [6.07, 6.45) is 0. The Bertz CT molecular complexity index is 359. The standard InChI is InChI=1S/C10H11BrN2O.ClH/c11-8-3-1-2-4-9(8)13-6-5-12-7-10(13)14;/h1-4,12H,5-7H2;1H. The van der Waals surface area contributed by atoms with Crippen molar-refractivity contribution in [2.75, 3.05) is 24.5 Å². The lowest BCUT2D eigenvalue weighted by atomic mass is 10.2. The molecule has 1 aliphatic heterocycles. The summed E-state index contributed by atoms with van der Waals surface area (Å²) < 4.78 is 0.968. The molecule has 1 aromatic carbocycles. The van der Waals surface area contributed by atoms with E-state index in [1.54, 1.807) is 4.90 Å². The van der Waals surface area contributed by atoms with E-state index in [4.69, 9.17) is 0 Å². The Labute approximate surface area is 103 Å². The van der Waals surface area contributed by atoms with Gasteiger partial charge in [-0.05, 0) is 28.1 Å². The quantitative estimate of drug-likeness (QED) is 0.856. The third-order valence-corrected chi connectivity index (χ3v) is 2.90. The van der Waals surface area contributed by atoms with Crippen LogP contribution >= 0.6 is 28.3 Å². The first-order chi connectivity index (χ1) is 6.79. The van der Waals surface area contributed by atoms with E-state index in [-0.39, 0.29) is 18.3 Å². The molecule has 1 fully saturated rings. The van der Waals surface area contributed by atoms with Crippen molar-refractivity contribution >= 4 is 39.9 Å². The van der Waals surface area contributed by atoms with Crippen LogP contribution in [0.15, 0.2) is 28.7 Å². The third kappa shape index (κ3) is 2.71. The fourth-order valence-corrected chi connectivity index (χ4v) is 2.03. The lowest BCUT2D eigenvalue weighted by Crippen LogP contribution is -2.48. The molecule has 5 heteroatoms. The van der Waals surface area contributed by atoms with E-state index in [9.17, 15) is 4.79 Å². The molecule has 0 aliphatic carbocycles. The first-order valence-corrected chi connectivity index (χ1v) is 5.34. The molecule has 1 heterocycles. The number of carbonyl (C=O) groups excluding carboxylic acids is 1. The zero-order chi connectivity index (χ0) is 9.97. The highest BCUT2D eigenvalue weighted by molar-refractivity contribution is 9.10. The van der Waals surface area contributed by atoms with Crippen molar-refractivity contribution < 1.29 is 4.79 Å². The maximum absolute atomic E-state index is 11.6. The van der Waals surface area contributed by atoms with E-state index in [1.807, 2.05) is 24.3 Å². The van der Waals surface area contributed by atoms with Gasteiger partial charge < -0.3 is 10.2 Å². The molecule has 0 saturated carbocycles. The van der Waals surface area contributed by atoms with Crippen molar-refractivity contribution in [2.24, 2.45) is 0 Å². The van der Waals surface area contributed by atoms with Gasteiger partial charge in [0.05, 0.1) is 12.2 Å². The molecule has 15 heavy (non-hydrogen) atoms. The number of nitrogens with zero attached hydrogens (tertiary/aromatic N) is 1. The largest absolute Gasteiger partial charge is 0.309 e. The normalized spacial score (nSPS) is 16.1. The number of carbonyl (C=O) groups is 1. The van der Waals surface area contributed by atoms with Crippen LogP contribution in [-0.4, -0.2) is 25.5 Å². The minimum absolute atomic E-state index is 0. The number of benzene rings is 1. The summed E-state index contributed by atoms with van der Waals surface area (Å²) in [5.74, 6) is 0.128. The molecule has 2 rings (SSSR count). The zero-order valence-corrected chi connectivity index (χ0v) is 10.5. The third-order valence-electron chi connectivity index (χ3n) is 2.23. The summed E-state index contributed by atoms with van der Waals surface area (Å²) in [5.41, 5.74) is 0.957. The van der Waals surface area contributed by atoms with Gasteiger partial charge in [0.1, 0.15) is 0 Å². The highest BCUT2D eigenvalue weighted by Crippen LogP contribution is 2.25. The molecule has 0 spiro atoms. The maximum Gasteiger partial charge on any atom is 0.241 e.